The van der Waals surface area contributed by atoms with Crippen LogP contribution in [0, 0.1) is 0 Å². The zero-order valence-corrected chi connectivity index (χ0v) is 9.83. The summed E-state index contributed by atoms with van der Waals surface area (Å²) in [6.45, 7) is 2.92. The van der Waals surface area contributed by atoms with Gasteiger partial charge in [0.15, 0.2) is 0 Å². The minimum absolute atomic E-state index is 0.0219. The molecular formula is C12H14ClN3. The second-order valence-electron chi connectivity index (χ2n) is 3.49. The second-order valence-corrected chi connectivity index (χ2v) is 3.89. The Balaban J connectivity index is 2.37. The van der Waals surface area contributed by atoms with Crippen molar-refractivity contribution >= 4 is 11.6 Å². The van der Waals surface area contributed by atoms with Gasteiger partial charge in [0.1, 0.15) is 5.82 Å². The summed E-state index contributed by atoms with van der Waals surface area (Å²) in [6, 6.07) is 7.84. The molecule has 3 nitrogen and oxygen atoms in total. The first-order valence-corrected chi connectivity index (χ1v) is 5.67. The molecule has 1 aromatic heterocycles. The molecule has 1 aromatic carbocycles. The summed E-state index contributed by atoms with van der Waals surface area (Å²) in [5, 5.41) is 4.12. The maximum Gasteiger partial charge on any atom is 0.127 e. The topological polar surface area (TPSA) is 40.7 Å². The summed E-state index contributed by atoms with van der Waals surface area (Å²) in [5.41, 5.74) is 1.04. The second kappa shape index (κ2) is 5.14. The van der Waals surface area contributed by atoms with E-state index in [1.54, 1.807) is 6.20 Å². The van der Waals surface area contributed by atoms with Gasteiger partial charge in [-0.2, -0.15) is 0 Å². The van der Waals surface area contributed by atoms with Crippen molar-refractivity contribution in [2.24, 2.45) is 0 Å². The highest BCUT2D eigenvalue weighted by Crippen LogP contribution is 2.25. The Kier molecular flexibility index (Phi) is 3.59. The van der Waals surface area contributed by atoms with Crippen LogP contribution in [0.3, 0.4) is 0 Å². The minimum atomic E-state index is 0.0219. The molecule has 2 aromatic rings. The van der Waals surface area contributed by atoms with Crippen LogP contribution in [0.15, 0.2) is 36.7 Å². The summed E-state index contributed by atoms with van der Waals surface area (Å²) in [6.07, 6.45) is 3.56. The van der Waals surface area contributed by atoms with Crippen LogP contribution in [0.4, 0.5) is 0 Å². The van der Waals surface area contributed by atoms with Crippen molar-refractivity contribution in [1.29, 1.82) is 0 Å². The number of imidazole rings is 1. The normalized spacial score (nSPS) is 12.6. The third-order valence-electron chi connectivity index (χ3n) is 2.42. The van der Waals surface area contributed by atoms with E-state index in [1.165, 1.54) is 0 Å². The summed E-state index contributed by atoms with van der Waals surface area (Å²) >= 11 is 6.19. The third-order valence-corrected chi connectivity index (χ3v) is 2.76. The molecule has 0 aliphatic carbocycles. The molecule has 0 aliphatic rings. The SMILES string of the molecule is CCNC(c1ncc[nH]1)c1ccccc1Cl. The highest BCUT2D eigenvalue weighted by Gasteiger charge is 2.17. The maximum atomic E-state index is 6.19. The van der Waals surface area contributed by atoms with Crippen molar-refractivity contribution in [3.05, 3.63) is 53.1 Å². The van der Waals surface area contributed by atoms with Crippen molar-refractivity contribution in [2.75, 3.05) is 6.54 Å². The van der Waals surface area contributed by atoms with Crippen LogP contribution < -0.4 is 5.32 Å². The van der Waals surface area contributed by atoms with Gasteiger partial charge in [-0.15, -0.1) is 0 Å². The van der Waals surface area contributed by atoms with E-state index in [-0.39, 0.29) is 6.04 Å². The van der Waals surface area contributed by atoms with Crippen LogP contribution in [-0.2, 0) is 0 Å². The fourth-order valence-corrected chi connectivity index (χ4v) is 1.95. The van der Waals surface area contributed by atoms with E-state index in [2.05, 4.69) is 22.2 Å². The Morgan fingerprint density at radius 3 is 2.88 bits per heavy atom. The first kappa shape index (κ1) is 11.2. The number of aromatic nitrogens is 2. The molecule has 0 spiro atoms. The average Bonchev–Trinajstić information content (AvgIpc) is 2.80. The summed E-state index contributed by atoms with van der Waals surface area (Å²) in [4.78, 5) is 7.39. The number of hydrogen-bond acceptors (Lipinski definition) is 2. The van der Waals surface area contributed by atoms with Crippen LogP contribution in [0.25, 0.3) is 0 Å². The predicted molar refractivity (Wildman–Crippen MR) is 65.6 cm³/mol. The predicted octanol–water partition coefficient (Wildman–Crippen LogP) is 2.76. The molecule has 0 saturated carbocycles. The van der Waals surface area contributed by atoms with Gasteiger partial charge < -0.3 is 10.3 Å². The van der Waals surface area contributed by atoms with Crippen molar-refractivity contribution < 1.29 is 0 Å². The lowest BCUT2D eigenvalue weighted by Gasteiger charge is -2.17. The van der Waals surface area contributed by atoms with Gasteiger partial charge in [-0.1, -0.05) is 36.7 Å². The molecule has 84 valence electrons. The number of H-pyrrole nitrogens is 1. The molecule has 1 atom stereocenters. The number of hydrogen-bond donors (Lipinski definition) is 2. The molecule has 0 radical (unpaired) electrons. The smallest absolute Gasteiger partial charge is 0.127 e. The molecule has 0 bridgehead atoms. The molecule has 4 heteroatoms. The van der Waals surface area contributed by atoms with Gasteiger partial charge in [-0.3, -0.25) is 0 Å². The van der Waals surface area contributed by atoms with E-state index in [9.17, 15) is 0 Å². The van der Waals surface area contributed by atoms with E-state index in [0.29, 0.717) is 0 Å². The van der Waals surface area contributed by atoms with E-state index in [1.807, 2.05) is 30.5 Å². The number of aromatic amines is 1. The lowest BCUT2D eigenvalue weighted by molar-refractivity contribution is 0.604. The Morgan fingerprint density at radius 1 is 1.44 bits per heavy atom. The quantitative estimate of drug-likeness (QED) is 0.856. The van der Waals surface area contributed by atoms with Crippen LogP contribution >= 0.6 is 11.6 Å². The van der Waals surface area contributed by atoms with E-state index in [0.717, 1.165) is 23.0 Å². The van der Waals surface area contributed by atoms with Crippen molar-refractivity contribution in [2.45, 2.75) is 13.0 Å². The van der Waals surface area contributed by atoms with Gasteiger partial charge in [0.2, 0.25) is 0 Å². The van der Waals surface area contributed by atoms with Crippen LogP contribution in [-0.4, -0.2) is 16.5 Å². The summed E-state index contributed by atoms with van der Waals surface area (Å²) < 4.78 is 0. The number of nitrogens with one attached hydrogen (secondary N) is 2. The Bertz CT molecular complexity index is 439. The summed E-state index contributed by atoms with van der Waals surface area (Å²) in [5.74, 6) is 0.884. The number of rotatable bonds is 4. The van der Waals surface area contributed by atoms with Gasteiger partial charge >= 0.3 is 0 Å². The number of nitrogens with zero attached hydrogens (tertiary/aromatic N) is 1. The van der Waals surface area contributed by atoms with Crippen LogP contribution in [0.2, 0.25) is 5.02 Å². The largest absolute Gasteiger partial charge is 0.347 e. The molecule has 0 fully saturated rings. The minimum Gasteiger partial charge on any atom is -0.347 e. The van der Waals surface area contributed by atoms with E-state index < -0.39 is 0 Å². The van der Waals surface area contributed by atoms with Crippen molar-refractivity contribution in [3.8, 4) is 0 Å². The molecule has 0 saturated heterocycles. The van der Waals surface area contributed by atoms with Gasteiger partial charge in [0.25, 0.3) is 0 Å². The van der Waals surface area contributed by atoms with Crippen LogP contribution in [0.1, 0.15) is 24.4 Å². The Labute approximate surface area is 99.9 Å². The fourth-order valence-electron chi connectivity index (χ4n) is 1.70. The standard InChI is InChI=1S/C12H14ClN3/c1-2-14-11(12-15-7-8-16-12)9-5-3-4-6-10(9)13/h3-8,11,14H,2H2,1H3,(H,15,16). The molecule has 2 N–H and O–H groups in total. The van der Waals surface area contributed by atoms with Crippen LogP contribution in [0.5, 0.6) is 0 Å². The van der Waals surface area contributed by atoms with Gasteiger partial charge in [0.05, 0.1) is 6.04 Å². The molecule has 16 heavy (non-hydrogen) atoms. The molecular weight excluding hydrogens is 222 g/mol. The average molecular weight is 236 g/mol. The third kappa shape index (κ3) is 2.26. The Morgan fingerprint density at radius 2 is 2.25 bits per heavy atom. The molecule has 1 heterocycles. The van der Waals surface area contributed by atoms with Crippen molar-refractivity contribution in [1.82, 2.24) is 15.3 Å². The maximum absolute atomic E-state index is 6.19. The molecule has 1 unspecified atom stereocenters. The first-order valence-electron chi connectivity index (χ1n) is 5.30. The molecule has 0 aliphatic heterocycles. The van der Waals surface area contributed by atoms with Gasteiger partial charge in [0, 0.05) is 17.4 Å². The fraction of sp³-hybridized carbons (Fsp3) is 0.250. The molecule has 2 rings (SSSR count). The molecule has 0 amide bonds. The number of benzene rings is 1. The highest BCUT2D eigenvalue weighted by molar-refractivity contribution is 6.31. The monoisotopic (exact) mass is 235 g/mol. The first-order chi connectivity index (χ1) is 7.83. The summed E-state index contributed by atoms with van der Waals surface area (Å²) in [7, 11) is 0. The van der Waals surface area contributed by atoms with Gasteiger partial charge in [-0.05, 0) is 18.2 Å². The van der Waals surface area contributed by atoms with Crippen molar-refractivity contribution in [3.63, 3.8) is 0 Å². The zero-order valence-electron chi connectivity index (χ0n) is 9.07. The Hall–Kier alpha value is -1.32. The lowest BCUT2D eigenvalue weighted by Crippen LogP contribution is -2.23. The van der Waals surface area contributed by atoms with E-state index >= 15 is 0 Å². The van der Waals surface area contributed by atoms with E-state index in [4.69, 9.17) is 11.6 Å². The zero-order chi connectivity index (χ0) is 11.4. The van der Waals surface area contributed by atoms with Gasteiger partial charge in [-0.25, -0.2) is 4.98 Å². The highest BCUT2D eigenvalue weighted by atomic mass is 35.5. The lowest BCUT2D eigenvalue weighted by atomic mass is 10.1. The number of halogens is 1.